The quantitative estimate of drug-likeness (QED) is 0.537. The monoisotopic (exact) mass is 405 g/mol. The van der Waals surface area contributed by atoms with Crippen molar-refractivity contribution in [3.8, 4) is 6.07 Å². The molecule has 29 heavy (non-hydrogen) atoms. The average Bonchev–Trinajstić information content (AvgIpc) is 3.28. The number of nitrogens with zero attached hydrogens (tertiary/aromatic N) is 1. The highest BCUT2D eigenvalue weighted by Gasteiger charge is 2.34. The summed E-state index contributed by atoms with van der Waals surface area (Å²) in [4.78, 5) is 24.2. The summed E-state index contributed by atoms with van der Waals surface area (Å²) in [5, 5.41) is 11.7. The van der Waals surface area contributed by atoms with Crippen LogP contribution in [0.1, 0.15) is 37.6 Å². The zero-order valence-corrected chi connectivity index (χ0v) is 16.6. The van der Waals surface area contributed by atoms with E-state index in [0.717, 1.165) is 22.5 Å². The Morgan fingerprint density at radius 3 is 2.10 bits per heavy atom. The number of carbonyl (C=O) groups excluding carboxylic acids is 2. The number of nitriles is 1. The molecule has 0 unspecified atom stereocenters. The highest BCUT2D eigenvalue weighted by atomic mass is 32.1. The van der Waals surface area contributed by atoms with Crippen molar-refractivity contribution in [1.82, 2.24) is 0 Å². The molecule has 6 heteroatoms. The molecule has 5 nitrogen and oxygen atoms in total. The number of methoxy groups -OCH3 is 1. The highest BCUT2D eigenvalue weighted by molar-refractivity contribution is 7.12. The molecule has 0 saturated carbocycles. The van der Waals surface area contributed by atoms with Gasteiger partial charge in [-0.05, 0) is 17.2 Å². The molecule has 0 aliphatic heterocycles. The Hall–Kier alpha value is -3.43. The summed E-state index contributed by atoms with van der Waals surface area (Å²) in [6.45, 7) is 0.0572. The summed E-state index contributed by atoms with van der Waals surface area (Å²) >= 11 is 1.12. The lowest BCUT2D eigenvalue weighted by molar-refractivity contribution is 0.0494. The van der Waals surface area contributed by atoms with Crippen LogP contribution in [0, 0.1) is 11.3 Å². The van der Waals surface area contributed by atoms with Crippen LogP contribution in [0.2, 0.25) is 0 Å². The first-order valence-corrected chi connectivity index (χ1v) is 9.85. The van der Waals surface area contributed by atoms with E-state index in [4.69, 9.17) is 4.74 Å². The van der Waals surface area contributed by atoms with E-state index in [1.54, 1.807) is 5.38 Å². The molecule has 0 atom stereocenters. The second-order valence-electron chi connectivity index (χ2n) is 6.33. The summed E-state index contributed by atoms with van der Waals surface area (Å²) in [6.07, 6.45) is 0.304. The van der Waals surface area contributed by atoms with Crippen molar-refractivity contribution in [1.29, 1.82) is 5.26 Å². The van der Waals surface area contributed by atoms with Crippen LogP contribution in [-0.4, -0.2) is 25.7 Å². The maximum atomic E-state index is 12.4. The van der Waals surface area contributed by atoms with E-state index in [9.17, 15) is 14.9 Å². The predicted octanol–water partition coefficient (Wildman–Crippen LogP) is 4.59. The van der Waals surface area contributed by atoms with Gasteiger partial charge in [0.2, 0.25) is 0 Å². The molecule has 0 fully saturated rings. The number of benzene rings is 2. The summed E-state index contributed by atoms with van der Waals surface area (Å²) < 4.78 is 10.1. The molecule has 0 aliphatic carbocycles. The van der Waals surface area contributed by atoms with Gasteiger partial charge in [0.15, 0.2) is 0 Å². The van der Waals surface area contributed by atoms with Gasteiger partial charge >= 0.3 is 11.9 Å². The van der Waals surface area contributed by atoms with Crippen molar-refractivity contribution in [3.63, 3.8) is 0 Å². The summed E-state index contributed by atoms with van der Waals surface area (Å²) in [7, 11) is 1.28. The van der Waals surface area contributed by atoms with Gasteiger partial charge in [0, 0.05) is 11.8 Å². The van der Waals surface area contributed by atoms with Crippen LogP contribution in [0.5, 0.6) is 0 Å². The molecular weight excluding hydrogens is 386 g/mol. The molecule has 0 spiro atoms. The fourth-order valence-electron chi connectivity index (χ4n) is 3.12. The van der Waals surface area contributed by atoms with Gasteiger partial charge in [-0.3, -0.25) is 0 Å². The first kappa shape index (κ1) is 20.3. The maximum absolute atomic E-state index is 12.4. The van der Waals surface area contributed by atoms with Crippen LogP contribution in [-0.2, 0) is 14.9 Å². The average molecular weight is 405 g/mol. The van der Waals surface area contributed by atoms with E-state index in [2.05, 4.69) is 10.8 Å². The van der Waals surface area contributed by atoms with Gasteiger partial charge in [0.1, 0.15) is 10.3 Å². The molecular formula is C23H19NO4S. The number of carbonyl (C=O) groups is 2. The Bertz CT molecular complexity index is 982. The largest absolute Gasteiger partial charge is 0.465 e. The van der Waals surface area contributed by atoms with E-state index in [0.29, 0.717) is 16.9 Å². The van der Waals surface area contributed by atoms with Crippen LogP contribution in [0.15, 0.2) is 72.1 Å². The minimum absolute atomic E-state index is 0.0572. The second kappa shape index (κ2) is 9.18. The Balaban J connectivity index is 1.78. The summed E-state index contributed by atoms with van der Waals surface area (Å²) in [5.74, 6) is -1.03. The lowest BCUT2D eigenvalue weighted by Crippen LogP contribution is -2.28. The third kappa shape index (κ3) is 4.36. The Kier molecular flexibility index (Phi) is 6.43. The number of thiophene rings is 1. The van der Waals surface area contributed by atoms with Gasteiger partial charge in [0.05, 0.1) is 25.3 Å². The van der Waals surface area contributed by atoms with Crippen LogP contribution in [0.4, 0.5) is 0 Å². The number of rotatable bonds is 7. The predicted molar refractivity (Wildman–Crippen MR) is 110 cm³/mol. The van der Waals surface area contributed by atoms with Gasteiger partial charge in [-0.1, -0.05) is 60.7 Å². The molecule has 146 valence electrons. The van der Waals surface area contributed by atoms with Gasteiger partial charge < -0.3 is 9.47 Å². The van der Waals surface area contributed by atoms with Gasteiger partial charge in [0.25, 0.3) is 0 Å². The van der Waals surface area contributed by atoms with E-state index < -0.39 is 17.4 Å². The number of hydrogen-bond donors (Lipinski definition) is 0. The lowest BCUT2D eigenvalue weighted by Gasteiger charge is -2.27. The second-order valence-corrected chi connectivity index (χ2v) is 7.24. The van der Waals surface area contributed by atoms with Crippen molar-refractivity contribution < 1.29 is 19.1 Å². The van der Waals surface area contributed by atoms with Gasteiger partial charge in [-0.15, -0.1) is 11.3 Å². The van der Waals surface area contributed by atoms with Crippen molar-refractivity contribution in [3.05, 3.63) is 93.7 Å². The number of ether oxygens (including phenoxy) is 2. The first-order valence-electron chi connectivity index (χ1n) is 8.97. The zero-order valence-electron chi connectivity index (χ0n) is 15.8. The minimum Gasteiger partial charge on any atom is -0.465 e. The van der Waals surface area contributed by atoms with E-state index in [-0.39, 0.29) is 6.61 Å². The molecule has 0 N–H and O–H groups in total. The molecule has 3 aromatic rings. The first-order chi connectivity index (χ1) is 14.1. The Labute approximate surface area is 173 Å². The van der Waals surface area contributed by atoms with Crippen molar-refractivity contribution >= 4 is 23.3 Å². The topological polar surface area (TPSA) is 76.4 Å². The zero-order chi connectivity index (χ0) is 20.7. The smallest absolute Gasteiger partial charge is 0.348 e. The molecule has 2 aromatic carbocycles. The van der Waals surface area contributed by atoms with E-state index >= 15 is 0 Å². The van der Waals surface area contributed by atoms with Crippen molar-refractivity contribution in [2.75, 3.05) is 13.7 Å². The maximum Gasteiger partial charge on any atom is 0.348 e. The molecule has 0 saturated heterocycles. The standard InChI is InChI=1S/C23H19NO4S/c1-27-21(25)17-14-20(29-15-17)22(26)28-13-12-23(16-24,18-8-4-2-5-9-18)19-10-6-3-7-11-19/h2-11,14-15H,12-13H2,1H3. The fraction of sp³-hybridized carbons (Fsp3) is 0.174. The molecule has 0 bridgehead atoms. The molecule has 0 radical (unpaired) electrons. The summed E-state index contributed by atoms with van der Waals surface area (Å²) in [6, 6.07) is 22.8. The molecule has 1 heterocycles. The van der Waals surface area contributed by atoms with Crippen molar-refractivity contribution in [2.24, 2.45) is 0 Å². The molecule has 0 aliphatic rings. The van der Waals surface area contributed by atoms with Crippen molar-refractivity contribution in [2.45, 2.75) is 11.8 Å². The van der Waals surface area contributed by atoms with Crippen LogP contribution >= 0.6 is 11.3 Å². The Morgan fingerprint density at radius 1 is 1.00 bits per heavy atom. The third-order valence-electron chi connectivity index (χ3n) is 4.66. The van der Waals surface area contributed by atoms with Gasteiger partial charge in [-0.2, -0.15) is 5.26 Å². The van der Waals surface area contributed by atoms with E-state index in [1.807, 2.05) is 60.7 Å². The fourth-order valence-corrected chi connectivity index (χ4v) is 3.89. The van der Waals surface area contributed by atoms with E-state index in [1.165, 1.54) is 13.2 Å². The lowest BCUT2D eigenvalue weighted by atomic mass is 9.73. The third-order valence-corrected chi connectivity index (χ3v) is 5.57. The van der Waals surface area contributed by atoms with Crippen LogP contribution in [0.3, 0.4) is 0 Å². The van der Waals surface area contributed by atoms with Gasteiger partial charge in [-0.25, -0.2) is 9.59 Å². The number of hydrogen-bond acceptors (Lipinski definition) is 6. The molecule has 0 amide bonds. The summed E-state index contributed by atoms with van der Waals surface area (Å²) in [5.41, 5.74) is 1.06. The molecule has 3 rings (SSSR count). The SMILES string of the molecule is COC(=O)c1csc(C(=O)OCCC(C#N)(c2ccccc2)c2ccccc2)c1. The Morgan fingerprint density at radius 2 is 1.59 bits per heavy atom. The van der Waals surface area contributed by atoms with Crippen LogP contribution < -0.4 is 0 Å². The highest BCUT2D eigenvalue weighted by Crippen LogP contribution is 2.35. The normalized spacial score (nSPS) is 10.8. The minimum atomic E-state index is -0.935. The molecule has 1 aromatic heterocycles. The van der Waals surface area contributed by atoms with Crippen LogP contribution in [0.25, 0.3) is 0 Å². The number of esters is 2.